The average molecular weight is 242 g/mol. The molecule has 1 aliphatic carbocycles. The summed E-state index contributed by atoms with van der Waals surface area (Å²) in [5.41, 5.74) is 7.72. The van der Waals surface area contributed by atoms with Gasteiger partial charge in [0.2, 0.25) is 0 Å². The summed E-state index contributed by atoms with van der Waals surface area (Å²) in [4.78, 5) is 0. The number of fused-ring (bicyclic) bond motifs is 1. The van der Waals surface area contributed by atoms with Crippen molar-refractivity contribution in [3.63, 3.8) is 0 Å². The molecule has 1 aliphatic rings. The average Bonchev–Trinajstić information content (AvgIpc) is 2.65. The lowest BCUT2D eigenvalue weighted by Gasteiger charge is -2.29. The second kappa shape index (κ2) is 4.72. The Morgan fingerprint density at radius 3 is 3.00 bits per heavy atom. The number of halogens is 1. The molecule has 88 valence electrons. The van der Waals surface area contributed by atoms with Crippen molar-refractivity contribution in [1.29, 1.82) is 0 Å². The van der Waals surface area contributed by atoms with E-state index in [1.54, 1.807) is 0 Å². The van der Waals surface area contributed by atoms with Gasteiger partial charge in [0.05, 0.1) is 13.2 Å². The predicted octanol–water partition coefficient (Wildman–Crippen LogP) is 1.45. The fourth-order valence-corrected chi connectivity index (χ4v) is 2.54. The molecule has 0 heterocycles. The zero-order chi connectivity index (χ0) is 11.6. The van der Waals surface area contributed by atoms with Crippen molar-refractivity contribution in [2.75, 3.05) is 19.8 Å². The Labute approximate surface area is 100 Å². The smallest absolute Gasteiger partial charge is 0.106 e. The Kier molecular flexibility index (Phi) is 3.50. The number of hydrogen-bond acceptors (Lipinski definition) is 3. The van der Waals surface area contributed by atoms with Gasteiger partial charge < -0.3 is 15.6 Å². The van der Waals surface area contributed by atoms with E-state index in [0.29, 0.717) is 13.2 Å². The first-order valence-corrected chi connectivity index (χ1v) is 5.83. The van der Waals surface area contributed by atoms with Gasteiger partial charge >= 0.3 is 0 Å². The minimum Gasteiger partial charge on any atom is -0.394 e. The maximum absolute atomic E-state index is 8.84. The van der Waals surface area contributed by atoms with Crippen molar-refractivity contribution in [2.45, 2.75) is 18.4 Å². The maximum atomic E-state index is 8.84. The van der Waals surface area contributed by atoms with Crippen LogP contribution in [0, 0.1) is 0 Å². The number of benzene rings is 1. The Morgan fingerprint density at radius 2 is 2.31 bits per heavy atom. The van der Waals surface area contributed by atoms with Crippen LogP contribution in [-0.2, 0) is 16.8 Å². The number of ether oxygens (including phenoxy) is 1. The minimum atomic E-state index is -0.428. The SMILES string of the molecule is NCC1(OCCO)CCc2cc(Cl)ccc21. The number of aliphatic hydroxyl groups excluding tert-OH is 1. The van der Waals surface area contributed by atoms with Gasteiger partial charge in [-0.15, -0.1) is 0 Å². The van der Waals surface area contributed by atoms with Crippen molar-refractivity contribution in [3.8, 4) is 0 Å². The third-order valence-corrected chi connectivity index (χ3v) is 3.39. The molecule has 0 spiro atoms. The predicted molar refractivity (Wildman–Crippen MR) is 63.5 cm³/mol. The molecule has 0 saturated carbocycles. The standard InChI is InChI=1S/C12H16ClNO2/c13-10-1-2-11-9(7-10)3-4-12(11,8-14)16-6-5-15/h1-2,7,15H,3-6,8,14H2. The van der Waals surface area contributed by atoms with Crippen molar-refractivity contribution >= 4 is 11.6 Å². The van der Waals surface area contributed by atoms with Crippen LogP contribution in [-0.4, -0.2) is 24.9 Å². The summed E-state index contributed by atoms with van der Waals surface area (Å²) in [5.74, 6) is 0. The molecule has 4 heteroatoms. The molecule has 0 amide bonds. The van der Waals surface area contributed by atoms with Crippen LogP contribution in [0.25, 0.3) is 0 Å². The van der Waals surface area contributed by atoms with Crippen molar-refractivity contribution in [3.05, 3.63) is 34.3 Å². The van der Waals surface area contributed by atoms with Gasteiger partial charge in [-0.1, -0.05) is 17.7 Å². The van der Waals surface area contributed by atoms with E-state index in [9.17, 15) is 0 Å². The lowest BCUT2D eigenvalue weighted by molar-refractivity contribution is -0.0554. The van der Waals surface area contributed by atoms with Gasteiger partial charge in [0.15, 0.2) is 0 Å². The normalized spacial score (nSPS) is 23.4. The van der Waals surface area contributed by atoms with E-state index in [4.69, 9.17) is 27.2 Å². The third kappa shape index (κ3) is 1.96. The second-order valence-corrected chi connectivity index (χ2v) is 4.51. The van der Waals surface area contributed by atoms with Gasteiger partial charge in [-0.25, -0.2) is 0 Å². The second-order valence-electron chi connectivity index (χ2n) is 4.07. The van der Waals surface area contributed by atoms with E-state index in [0.717, 1.165) is 23.4 Å². The fourth-order valence-electron chi connectivity index (χ4n) is 2.35. The van der Waals surface area contributed by atoms with Crippen LogP contribution in [0.1, 0.15) is 17.5 Å². The highest BCUT2D eigenvalue weighted by Crippen LogP contribution is 2.40. The summed E-state index contributed by atoms with van der Waals surface area (Å²) in [6, 6.07) is 5.81. The molecular formula is C12H16ClNO2. The van der Waals surface area contributed by atoms with Crippen LogP contribution < -0.4 is 5.73 Å². The van der Waals surface area contributed by atoms with Gasteiger partial charge in [-0.3, -0.25) is 0 Å². The zero-order valence-corrected chi connectivity index (χ0v) is 9.83. The third-order valence-electron chi connectivity index (χ3n) is 3.16. The molecule has 1 atom stereocenters. The Balaban J connectivity index is 2.32. The molecule has 3 nitrogen and oxygen atoms in total. The fraction of sp³-hybridized carbons (Fsp3) is 0.500. The first-order chi connectivity index (χ1) is 7.72. The van der Waals surface area contributed by atoms with E-state index >= 15 is 0 Å². The molecule has 1 aromatic carbocycles. The zero-order valence-electron chi connectivity index (χ0n) is 9.08. The molecular weight excluding hydrogens is 226 g/mol. The first-order valence-electron chi connectivity index (χ1n) is 5.45. The molecule has 0 aliphatic heterocycles. The van der Waals surface area contributed by atoms with E-state index in [2.05, 4.69) is 0 Å². The van der Waals surface area contributed by atoms with Crippen LogP contribution in [0.5, 0.6) is 0 Å². The van der Waals surface area contributed by atoms with Crippen LogP contribution >= 0.6 is 11.6 Å². The summed E-state index contributed by atoms with van der Waals surface area (Å²) >= 11 is 5.95. The van der Waals surface area contributed by atoms with Gasteiger partial charge in [-0.05, 0) is 36.1 Å². The molecule has 3 N–H and O–H groups in total. The highest BCUT2D eigenvalue weighted by molar-refractivity contribution is 6.30. The summed E-state index contributed by atoms with van der Waals surface area (Å²) in [6.45, 7) is 0.769. The van der Waals surface area contributed by atoms with E-state index in [1.165, 1.54) is 5.56 Å². The molecule has 0 radical (unpaired) electrons. The van der Waals surface area contributed by atoms with E-state index in [-0.39, 0.29) is 6.61 Å². The van der Waals surface area contributed by atoms with Crippen LogP contribution in [0.15, 0.2) is 18.2 Å². The number of aryl methyl sites for hydroxylation is 1. The number of rotatable bonds is 4. The molecule has 16 heavy (non-hydrogen) atoms. The monoisotopic (exact) mass is 241 g/mol. The maximum Gasteiger partial charge on any atom is 0.106 e. The Morgan fingerprint density at radius 1 is 1.50 bits per heavy atom. The first kappa shape index (κ1) is 11.9. The van der Waals surface area contributed by atoms with Crippen LogP contribution in [0.2, 0.25) is 5.02 Å². The largest absolute Gasteiger partial charge is 0.394 e. The summed E-state index contributed by atoms with van der Waals surface area (Å²) < 4.78 is 5.74. The molecule has 0 fully saturated rings. The number of aliphatic hydroxyl groups is 1. The topological polar surface area (TPSA) is 55.5 Å². The Bertz CT molecular complexity index is 383. The lowest BCUT2D eigenvalue weighted by Crippen LogP contribution is -2.36. The molecule has 2 rings (SSSR count). The van der Waals surface area contributed by atoms with Gasteiger partial charge in [0.1, 0.15) is 5.60 Å². The van der Waals surface area contributed by atoms with Gasteiger partial charge in [0.25, 0.3) is 0 Å². The molecule has 0 aromatic heterocycles. The Hall–Kier alpha value is -0.610. The summed E-state index contributed by atoms with van der Waals surface area (Å²) in [6.07, 6.45) is 1.79. The molecule has 1 unspecified atom stereocenters. The van der Waals surface area contributed by atoms with Crippen LogP contribution in [0.4, 0.5) is 0 Å². The number of hydrogen-bond donors (Lipinski definition) is 2. The molecule has 0 bridgehead atoms. The van der Waals surface area contributed by atoms with Gasteiger partial charge in [0, 0.05) is 11.6 Å². The van der Waals surface area contributed by atoms with Crippen molar-refractivity contribution in [1.82, 2.24) is 0 Å². The summed E-state index contributed by atoms with van der Waals surface area (Å²) in [7, 11) is 0. The molecule has 0 saturated heterocycles. The van der Waals surface area contributed by atoms with Crippen LogP contribution in [0.3, 0.4) is 0 Å². The van der Waals surface area contributed by atoms with Crippen molar-refractivity contribution in [2.24, 2.45) is 5.73 Å². The quantitative estimate of drug-likeness (QED) is 0.839. The molecule has 1 aromatic rings. The van der Waals surface area contributed by atoms with Gasteiger partial charge in [-0.2, -0.15) is 0 Å². The highest BCUT2D eigenvalue weighted by Gasteiger charge is 2.38. The lowest BCUT2D eigenvalue weighted by atomic mass is 9.96. The number of nitrogens with two attached hydrogens (primary N) is 1. The summed E-state index contributed by atoms with van der Waals surface area (Å²) in [5, 5.41) is 9.59. The highest BCUT2D eigenvalue weighted by atomic mass is 35.5. The van der Waals surface area contributed by atoms with E-state index < -0.39 is 5.60 Å². The van der Waals surface area contributed by atoms with E-state index in [1.807, 2.05) is 18.2 Å². The van der Waals surface area contributed by atoms with Crippen molar-refractivity contribution < 1.29 is 9.84 Å². The minimum absolute atomic E-state index is 0.0185.